The predicted molar refractivity (Wildman–Crippen MR) is 94.3 cm³/mol. The van der Waals surface area contributed by atoms with Gasteiger partial charge in [0, 0.05) is 5.39 Å². The molecule has 0 aliphatic carbocycles. The summed E-state index contributed by atoms with van der Waals surface area (Å²) >= 11 is 0. The molecule has 0 saturated heterocycles. The second-order valence-corrected chi connectivity index (χ2v) is 6.07. The molecule has 3 N–H and O–H groups in total. The van der Waals surface area contributed by atoms with Gasteiger partial charge in [-0.1, -0.05) is 12.1 Å². The van der Waals surface area contributed by atoms with E-state index in [1.807, 2.05) is 0 Å². The highest BCUT2D eigenvalue weighted by Crippen LogP contribution is 2.36. The van der Waals surface area contributed by atoms with Gasteiger partial charge >= 0.3 is 11.8 Å². The molecule has 1 aromatic heterocycles. The average Bonchev–Trinajstić information content (AvgIpc) is 2.62. The second-order valence-electron chi connectivity index (χ2n) is 6.07. The number of phenols is 2. The molecular formula is C19H14F3NO5. The average molecular weight is 393 g/mol. The van der Waals surface area contributed by atoms with Crippen LogP contribution >= 0.6 is 0 Å². The van der Waals surface area contributed by atoms with E-state index in [1.54, 1.807) is 0 Å². The zero-order valence-corrected chi connectivity index (χ0v) is 14.4. The number of halogens is 3. The van der Waals surface area contributed by atoms with E-state index in [0.717, 1.165) is 12.1 Å². The number of hydrogen-bond acceptors (Lipinski definition) is 5. The van der Waals surface area contributed by atoms with Gasteiger partial charge in [0.2, 0.25) is 11.7 Å². The first kappa shape index (κ1) is 19.3. The van der Waals surface area contributed by atoms with Crippen LogP contribution in [0.2, 0.25) is 0 Å². The Kier molecular flexibility index (Phi) is 4.76. The number of aryl methyl sites for hydroxylation is 1. The van der Waals surface area contributed by atoms with Gasteiger partial charge in [0.25, 0.3) is 0 Å². The van der Waals surface area contributed by atoms with Crippen molar-refractivity contribution in [3.63, 3.8) is 0 Å². The minimum atomic E-state index is -4.65. The molecule has 0 radical (unpaired) electrons. The number of fused-ring (bicyclic) bond motifs is 1. The van der Waals surface area contributed by atoms with E-state index in [9.17, 15) is 33.0 Å². The predicted octanol–water partition coefficient (Wildman–Crippen LogP) is 3.71. The summed E-state index contributed by atoms with van der Waals surface area (Å²) in [5.74, 6) is -1.94. The molecule has 0 fully saturated rings. The molecule has 3 aromatic rings. The number of carbonyl (C=O) groups is 1. The molecule has 28 heavy (non-hydrogen) atoms. The van der Waals surface area contributed by atoms with Gasteiger partial charge in [0.1, 0.15) is 0 Å². The lowest BCUT2D eigenvalue weighted by molar-refractivity contribution is -0.137. The van der Waals surface area contributed by atoms with Gasteiger partial charge in [-0.3, -0.25) is 4.79 Å². The van der Waals surface area contributed by atoms with Gasteiger partial charge in [-0.05, 0) is 36.8 Å². The first-order valence-electron chi connectivity index (χ1n) is 8.03. The van der Waals surface area contributed by atoms with Gasteiger partial charge in [0.05, 0.1) is 23.2 Å². The summed E-state index contributed by atoms with van der Waals surface area (Å²) in [6.45, 7) is 1.50. The lowest BCUT2D eigenvalue weighted by Crippen LogP contribution is -2.22. The van der Waals surface area contributed by atoms with Gasteiger partial charge in [-0.2, -0.15) is 13.2 Å². The molecule has 6 nitrogen and oxygen atoms in total. The lowest BCUT2D eigenvalue weighted by atomic mass is 10.0. The van der Waals surface area contributed by atoms with Crippen LogP contribution in [-0.4, -0.2) is 16.1 Å². The van der Waals surface area contributed by atoms with Gasteiger partial charge in [0.15, 0.2) is 11.3 Å². The van der Waals surface area contributed by atoms with Crippen LogP contribution in [0.15, 0.2) is 45.6 Å². The number of alkyl halides is 3. The van der Waals surface area contributed by atoms with Crippen LogP contribution in [0.25, 0.3) is 11.0 Å². The quantitative estimate of drug-likeness (QED) is 0.465. The number of aromatic hydroxyl groups is 2. The van der Waals surface area contributed by atoms with Gasteiger partial charge in [-0.15, -0.1) is 0 Å². The Bertz CT molecular complexity index is 1130. The van der Waals surface area contributed by atoms with Gasteiger partial charge in [-0.25, -0.2) is 4.79 Å². The standard InChI is InChI=1S/C19H14F3NO5/c1-9-10-6-7-14(24)16(26)17(10)28-18(27)11(9)8-15(25)23-13-5-3-2-4-12(13)19(20,21)22/h2-7,24,26H,8H2,1H3,(H,23,25). The van der Waals surface area contributed by atoms with E-state index in [2.05, 4.69) is 5.32 Å². The second kappa shape index (κ2) is 6.91. The normalized spacial score (nSPS) is 11.6. The maximum Gasteiger partial charge on any atom is 0.418 e. The first-order valence-corrected chi connectivity index (χ1v) is 8.03. The zero-order valence-electron chi connectivity index (χ0n) is 14.4. The fraction of sp³-hybridized carbons (Fsp3) is 0.158. The van der Waals surface area contributed by atoms with Crippen LogP contribution in [0.5, 0.6) is 11.5 Å². The number of hydrogen-bond donors (Lipinski definition) is 3. The van der Waals surface area contributed by atoms with Crippen LogP contribution in [0.3, 0.4) is 0 Å². The molecule has 0 aliphatic rings. The van der Waals surface area contributed by atoms with Crippen LogP contribution in [0.1, 0.15) is 16.7 Å². The number of anilines is 1. The number of amides is 1. The van der Waals surface area contributed by atoms with E-state index in [4.69, 9.17) is 4.42 Å². The highest BCUT2D eigenvalue weighted by Gasteiger charge is 2.33. The topological polar surface area (TPSA) is 99.8 Å². The zero-order chi connectivity index (χ0) is 20.6. The largest absolute Gasteiger partial charge is 0.504 e. The summed E-state index contributed by atoms with van der Waals surface area (Å²) in [6.07, 6.45) is -5.18. The minimum Gasteiger partial charge on any atom is -0.504 e. The molecule has 1 amide bonds. The molecule has 0 atom stereocenters. The summed E-state index contributed by atoms with van der Waals surface area (Å²) in [5, 5.41) is 21.8. The van der Waals surface area contributed by atoms with Crippen LogP contribution < -0.4 is 10.9 Å². The number of benzene rings is 2. The van der Waals surface area contributed by atoms with Crippen LogP contribution in [-0.2, 0) is 17.4 Å². The molecule has 0 bridgehead atoms. The van der Waals surface area contributed by atoms with E-state index >= 15 is 0 Å². The maximum atomic E-state index is 13.0. The van der Waals surface area contributed by atoms with E-state index in [1.165, 1.54) is 31.2 Å². The summed E-state index contributed by atoms with van der Waals surface area (Å²) in [5.41, 5.74) is -2.38. The number of phenolic OH excluding ortho intramolecular Hbond substituents is 2. The van der Waals surface area contributed by atoms with Crippen molar-refractivity contribution in [3.8, 4) is 11.5 Å². The maximum absolute atomic E-state index is 13.0. The molecule has 0 unspecified atom stereocenters. The fourth-order valence-corrected chi connectivity index (χ4v) is 2.83. The first-order chi connectivity index (χ1) is 13.1. The van der Waals surface area contributed by atoms with Crippen molar-refractivity contribution >= 4 is 22.6 Å². The summed E-state index contributed by atoms with van der Waals surface area (Å²) in [4.78, 5) is 24.5. The summed E-state index contributed by atoms with van der Waals surface area (Å²) in [7, 11) is 0. The molecule has 0 aliphatic heterocycles. The molecular weight excluding hydrogens is 379 g/mol. The third-order valence-electron chi connectivity index (χ3n) is 4.25. The van der Waals surface area contributed by atoms with Gasteiger partial charge < -0.3 is 19.9 Å². The highest BCUT2D eigenvalue weighted by atomic mass is 19.4. The number of para-hydroxylation sites is 1. The molecule has 3 rings (SSSR count). The third kappa shape index (κ3) is 3.51. The lowest BCUT2D eigenvalue weighted by Gasteiger charge is -2.14. The molecule has 0 spiro atoms. The summed E-state index contributed by atoms with van der Waals surface area (Å²) < 4.78 is 44.1. The number of rotatable bonds is 3. The van der Waals surface area contributed by atoms with Crippen LogP contribution in [0, 0.1) is 6.92 Å². The van der Waals surface area contributed by atoms with E-state index < -0.39 is 46.9 Å². The smallest absolute Gasteiger partial charge is 0.418 e. The van der Waals surface area contributed by atoms with Crippen molar-refractivity contribution in [2.45, 2.75) is 19.5 Å². The van der Waals surface area contributed by atoms with Crippen molar-refractivity contribution < 1.29 is 32.6 Å². The minimum absolute atomic E-state index is 0.0698. The van der Waals surface area contributed by atoms with Crippen molar-refractivity contribution in [2.75, 3.05) is 5.32 Å². The van der Waals surface area contributed by atoms with Crippen LogP contribution in [0.4, 0.5) is 18.9 Å². The Morgan fingerprint density at radius 3 is 2.50 bits per heavy atom. The van der Waals surface area contributed by atoms with Crippen molar-refractivity contribution in [1.29, 1.82) is 0 Å². The van der Waals surface area contributed by atoms with E-state index in [-0.39, 0.29) is 16.5 Å². The van der Waals surface area contributed by atoms with Crippen molar-refractivity contribution in [3.05, 3.63) is 63.5 Å². The van der Waals surface area contributed by atoms with Crippen molar-refractivity contribution in [2.24, 2.45) is 0 Å². The third-order valence-corrected chi connectivity index (χ3v) is 4.25. The SMILES string of the molecule is Cc1c(CC(=O)Nc2ccccc2C(F)(F)F)c(=O)oc2c(O)c(O)ccc12. The molecule has 146 valence electrons. The monoisotopic (exact) mass is 393 g/mol. The molecule has 0 saturated carbocycles. The Morgan fingerprint density at radius 1 is 1.14 bits per heavy atom. The number of carbonyl (C=O) groups excluding carboxylic acids is 1. The van der Waals surface area contributed by atoms with E-state index in [0.29, 0.717) is 5.56 Å². The summed E-state index contributed by atoms with van der Waals surface area (Å²) in [6, 6.07) is 7.06. The fourth-order valence-electron chi connectivity index (χ4n) is 2.83. The van der Waals surface area contributed by atoms with Crippen molar-refractivity contribution in [1.82, 2.24) is 0 Å². The Hall–Kier alpha value is -3.49. The number of nitrogens with one attached hydrogen (secondary N) is 1. The molecule has 9 heteroatoms. The molecule has 1 heterocycles. The Labute approximate surface area is 155 Å². The Morgan fingerprint density at radius 2 is 1.82 bits per heavy atom. The molecule has 2 aromatic carbocycles. The Balaban J connectivity index is 1.95. The highest BCUT2D eigenvalue weighted by molar-refractivity contribution is 5.94.